The number of phenols is 2. The molecule has 2 rings (SSSR count). The molecule has 2 aromatic rings. The summed E-state index contributed by atoms with van der Waals surface area (Å²) in [5, 5.41) is 21.7. The van der Waals surface area contributed by atoms with Crippen molar-refractivity contribution in [3.63, 3.8) is 0 Å². The standard InChI is InChI=1S/C24H34O2/c1-14-9-16(3)22(25)19(11-14)21(18(5)13-24(6,7)8)20-12-15(2)10-17(4)23(20)26/h9-12,18,21,25-26H,13H2,1-8H3. The second-order valence-corrected chi connectivity index (χ2v) is 9.26. The van der Waals surface area contributed by atoms with E-state index < -0.39 is 0 Å². The fourth-order valence-corrected chi connectivity index (χ4v) is 4.32. The fraction of sp³-hybridized carbons (Fsp3) is 0.500. The van der Waals surface area contributed by atoms with Gasteiger partial charge in [-0.2, -0.15) is 0 Å². The van der Waals surface area contributed by atoms with Crippen LogP contribution in [0.2, 0.25) is 0 Å². The Morgan fingerprint density at radius 1 is 0.769 bits per heavy atom. The Hall–Kier alpha value is -1.96. The van der Waals surface area contributed by atoms with E-state index in [1.54, 1.807) is 0 Å². The molecule has 1 atom stereocenters. The highest BCUT2D eigenvalue weighted by atomic mass is 16.3. The Labute approximate surface area is 158 Å². The van der Waals surface area contributed by atoms with Crippen LogP contribution in [0.25, 0.3) is 0 Å². The first-order valence-corrected chi connectivity index (χ1v) is 9.51. The maximum absolute atomic E-state index is 10.8. The summed E-state index contributed by atoms with van der Waals surface area (Å²) >= 11 is 0. The highest BCUT2D eigenvalue weighted by Gasteiger charge is 2.30. The lowest BCUT2D eigenvalue weighted by Crippen LogP contribution is -2.19. The van der Waals surface area contributed by atoms with Crippen molar-refractivity contribution >= 4 is 0 Å². The van der Waals surface area contributed by atoms with Gasteiger partial charge < -0.3 is 10.2 Å². The van der Waals surface area contributed by atoms with E-state index in [-0.39, 0.29) is 17.3 Å². The molecule has 26 heavy (non-hydrogen) atoms. The van der Waals surface area contributed by atoms with Crippen LogP contribution in [0.5, 0.6) is 11.5 Å². The van der Waals surface area contributed by atoms with Gasteiger partial charge in [0.05, 0.1) is 0 Å². The fourth-order valence-electron chi connectivity index (χ4n) is 4.32. The van der Waals surface area contributed by atoms with Crippen LogP contribution in [0.4, 0.5) is 0 Å². The van der Waals surface area contributed by atoms with Crippen molar-refractivity contribution in [1.29, 1.82) is 0 Å². The first-order valence-electron chi connectivity index (χ1n) is 9.51. The molecule has 0 amide bonds. The Kier molecular flexibility index (Phi) is 5.75. The first kappa shape index (κ1) is 20.4. The first-order chi connectivity index (χ1) is 11.9. The van der Waals surface area contributed by atoms with Crippen LogP contribution in [0.1, 0.15) is 73.4 Å². The molecule has 0 bridgehead atoms. The average molecular weight is 355 g/mol. The zero-order chi connectivity index (χ0) is 19.8. The predicted molar refractivity (Wildman–Crippen MR) is 110 cm³/mol. The zero-order valence-corrected chi connectivity index (χ0v) is 17.6. The van der Waals surface area contributed by atoms with Crippen LogP contribution in [0.15, 0.2) is 24.3 Å². The van der Waals surface area contributed by atoms with Crippen molar-refractivity contribution in [2.75, 3.05) is 0 Å². The molecule has 0 spiro atoms. The van der Waals surface area contributed by atoms with E-state index in [2.05, 4.69) is 53.7 Å². The number of rotatable bonds is 4. The van der Waals surface area contributed by atoms with Crippen molar-refractivity contribution in [3.05, 3.63) is 57.6 Å². The molecule has 2 nitrogen and oxygen atoms in total. The molecule has 0 heterocycles. The van der Waals surface area contributed by atoms with Crippen LogP contribution in [0.3, 0.4) is 0 Å². The molecule has 0 aliphatic carbocycles. The Bertz CT molecular complexity index is 739. The molecule has 0 aliphatic rings. The number of hydrogen-bond acceptors (Lipinski definition) is 2. The zero-order valence-electron chi connectivity index (χ0n) is 17.6. The summed E-state index contributed by atoms with van der Waals surface area (Å²) in [6.07, 6.45) is 0.997. The molecule has 0 saturated heterocycles. The smallest absolute Gasteiger partial charge is 0.122 e. The van der Waals surface area contributed by atoms with E-state index in [1.165, 1.54) is 0 Å². The highest BCUT2D eigenvalue weighted by molar-refractivity contribution is 5.53. The van der Waals surface area contributed by atoms with Gasteiger partial charge in [0.15, 0.2) is 0 Å². The highest BCUT2D eigenvalue weighted by Crippen LogP contribution is 2.46. The van der Waals surface area contributed by atoms with E-state index in [0.717, 1.165) is 39.8 Å². The van der Waals surface area contributed by atoms with Crippen molar-refractivity contribution in [1.82, 2.24) is 0 Å². The van der Waals surface area contributed by atoms with Gasteiger partial charge in [-0.25, -0.2) is 0 Å². The molecular weight excluding hydrogens is 320 g/mol. The SMILES string of the molecule is Cc1cc(C)c(O)c(C(c2cc(C)cc(C)c2O)C(C)CC(C)(C)C)c1. The van der Waals surface area contributed by atoms with Crippen molar-refractivity contribution < 1.29 is 10.2 Å². The number of aromatic hydroxyl groups is 2. The molecule has 0 saturated carbocycles. The quantitative estimate of drug-likeness (QED) is 0.655. The summed E-state index contributed by atoms with van der Waals surface area (Å²) in [4.78, 5) is 0. The van der Waals surface area contributed by atoms with Gasteiger partial charge in [-0.05, 0) is 56.6 Å². The average Bonchev–Trinajstić information content (AvgIpc) is 2.47. The summed E-state index contributed by atoms with van der Waals surface area (Å²) in [6, 6.07) is 8.16. The third-order valence-corrected chi connectivity index (χ3v) is 5.12. The third-order valence-electron chi connectivity index (χ3n) is 5.12. The Morgan fingerprint density at radius 2 is 1.15 bits per heavy atom. The second kappa shape index (κ2) is 7.34. The molecule has 2 heteroatoms. The van der Waals surface area contributed by atoms with Crippen LogP contribution < -0.4 is 0 Å². The van der Waals surface area contributed by atoms with Gasteiger partial charge in [-0.1, -0.05) is 63.1 Å². The largest absolute Gasteiger partial charge is 0.507 e. The Morgan fingerprint density at radius 3 is 1.50 bits per heavy atom. The Balaban J connectivity index is 2.73. The van der Waals surface area contributed by atoms with Gasteiger partial charge in [0.25, 0.3) is 0 Å². The van der Waals surface area contributed by atoms with E-state index in [1.807, 2.05) is 26.0 Å². The molecule has 2 aromatic carbocycles. The summed E-state index contributed by atoms with van der Waals surface area (Å²) < 4.78 is 0. The number of hydrogen-bond donors (Lipinski definition) is 2. The van der Waals surface area contributed by atoms with Crippen molar-refractivity contribution in [2.24, 2.45) is 11.3 Å². The molecular formula is C24H34O2. The number of phenolic OH excluding ortho intramolecular Hbond substituents is 2. The molecule has 1 unspecified atom stereocenters. The summed E-state index contributed by atoms with van der Waals surface area (Å²) in [7, 11) is 0. The normalized spacial score (nSPS) is 13.3. The van der Waals surface area contributed by atoms with Crippen LogP contribution in [-0.2, 0) is 0 Å². The van der Waals surface area contributed by atoms with E-state index >= 15 is 0 Å². The molecule has 2 N–H and O–H groups in total. The lowest BCUT2D eigenvalue weighted by molar-refractivity contribution is 0.285. The summed E-state index contributed by atoms with van der Waals surface area (Å²) in [5.41, 5.74) is 6.03. The second-order valence-electron chi connectivity index (χ2n) is 9.26. The monoisotopic (exact) mass is 354 g/mol. The van der Waals surface area contributed by atoms with E-state index in [9.17, 15) is 10.2 Å². The van der Waals surface area contributed by atoms with Gasteiger partial charge in [0, 0.05) is 17.0 Å². The topological polar surface area (TPSA) is 40.5 Å². The van der Waals surface area contributed by atoms with Gasteiger partial charge >= 0.3 is 0 Å². The third kappa shape index (κ3) is 4.41. The molecule has 0 fully saturated rings. The number of aryl methyl sites for hydroxylation is 4. The van der Waals surface area contributed by atoms with Crippen molar-refractivity contribution in [3.8, 4) is 11.5 Å². The van der Waals surface area contributed by atoms with Gasteiger partial charge in [-0.3, -0.25) is 0 Å². The minimum atomic E-state index is -0.0496. The van der Waals surface area contributed by atoms with Crippen LogP contribution in [0, 0.1) is 39.0 Å². The van der Waals surface area contributed by atoms with Gasteiger partial charge in [0.1, 0.15) is 11.5 Å². The molecule has 0 aromatic heterocycles. The molecule has 0 radical (unpaired) electrons. The summed E-state index contributed by atoms with van der Waals surface area (Å²) in [6.45, 7) is 16.9. The minimum Gasteiger partial charge on any atom is -0.507 e. The predicted octanol–water partition coefficient (Wildman–Crippen LogP) is 6.54. The van der Waals surface area contributed by atoms with Gasteiger partial charge in [-0.15, -0.1) is 0 Å². The van der Waals surface area contributed by atoms with Crippen LogP contribution in [-0.4, -0.2) is 10.2 Å². The summed E-state index contributed by atoms with van der Waals surface area (Å²) in [5.74, 6) is 0.917. The lowest BCUT2D eigenvalue weighted by Gasteiger charge is -2.32. The van der Waals surface area contributed by atoms with Gasteiger partial charge in [0.2, 0.25) is 0 Å². The minimum absolute atomic E-state index is 0.0496. The lowest BCUT2D eigenvalue weighted by atomic mass is 9.73. The maximum Gasteiger partial charge on any atom is 0.122 e. The van der Waals surface area contributed by atoms with E-state index in [0.29, 0.717) is 11.5 Å². The van der Waals surface area contributed by atoms with Crippen LogP contribution >= 0.6 is 0 Å². The molecule has 0 aliphatic heterocycles. The molecule has 142 valence electrons. The van der Waals surface area contributed by atoms with Crippen molar-refractivity contribution in [2.45, 2.75) is 67.7 Å². The maximum atomic E-state index is 10.8. The number of benzene rings is 2. The van der Waals surface area contributed by atoms with E-state index in [4.69, 9.17) is 0 Å².